The summed E-state index contributed by atoms with van der Waals surface area (Å²) in [6.45, 7) is 1.16. The fourth-order valence-corrected chi connectivity index (χ4v) is 2.85. The van der Waals surface area contributed by atoms with E-state index in [2.05, 4.69) is 47.8 Å². The van der Waals surface area contributed by atoms with Gasteiger partial charge in [-0.05, 0) is 35.7 Å². The summed E-state index contributed by atoms with van der Waals surface area (Å²) in [5.41, 5.74) is 1.48. The number of fused-ring (bicyclic) bond motifs is 1. The van der Waals surface area contributed by atoms with Gasteiger partial charge in [-0.3, -0.25) is 0 Å². The molecule has 1 atom stereocenters. The molecule has 0 bridgehead atoms. The number of carboxylic acids is 2. The van der Waals surface area contributed by atoms with Gasteiger partial charge in [-0.25, -0.2) is 9.59 Å². The summed E-state index contributed by atoms with van der Waals surface area (Å²) in [7, 11) is 0. The van der Waals surface area contributed by atoms with Crippen LogP contribution in [0.25, 0.3) is 10.8 Å². The van der Waals surface area contributed by atoms with Gasteiger partial charge in [0.2, 0.25) is 0 Å². The van der Waals surface area contributed by atoms with Crippen molar-refractivity contribution >= 4 is 22.7 Å². The highest BCUT2D eigenvalue weighted by Crippen LogP contribution is 2.28. The average molecular weight is 315 g/mol. The first-order valence-corrected chi connectivity index (χ1v) is 7.77. The lowest BCUT2D eigenvalue weighted by molar-refractivity contribution is -0.159. The summed E-state index contributed by atoms with van der Waals surface area (Å²) in [5, 5.41) is 21.2. The molecule has 0 amide bonds. The molecule has 5 heteroatoms. The van der Waals surface area contributed by atoms with Crippen molar-refractivity contribution in [2.45, 2.75) is 31.7 Å². The first-order valence-electron chi connectivity index (χ1n) is 7.77. The number of hydrogen-bond acceptors (Lipinski definition) is 3. The molecule has 1 fully saturated rings. The molecule has 3 rings (SSSR count). The highest BCUT2D eigenvalue weighted by Gasteiger charge is 2.15. The fraction of sp³-hybridized carbons (Fsp3) is 0.333. The second-order valence-electron chi connectivity index (χ2n) is 5.53. The first-order chi connectivity index (χ1) is 11.1. The average Bonchev–Trinajstić information content (AvgIpc) is 2.84. The highest BCUT2D eigenvalue weighted by molar-refractivity contribution is 6.27. The van der Waals surface area contributed by atoms with E-state index in [0.717, 1.165) is 6.54 Å². The molecule has 2 aromatic carbocycles. The molecule has 0 aromatic heterocycles. The summed E-state index contributed by atoms with van der Waals surface area (Å²) in [5.74, 6) is -3.65. The summed E-state index contributed by atoms with van der Waals surface area (Å²) in [4.78, 5) is 18.2. The minimum Gasteiger partial charge on any atom is -0.473 e. The van der Waals surface area contributed by atoms with Gasteiger partial charge in [-0.15, -0.1) is 0 Å². The van der Waals surface area contributed by atoms with E-state index >= 15 is 0 Å². The molecule has 0 radical (unpaired) electrons. The van der Waals surface area contributed by atoms with Crippen LogP contribution in [0.15, 0.2) is 42.5 Å². The van der Waals surface area contributed by atoms with Gasteiger partial charge < -0.3 is 15.5 Å². The molecule has 1 heterocycles. The largest absolute Gasteiger partial charge is 0.473 e. The van der Waals surface area contributed by atoms with E-state index in [4.69, 9.17) is 19.8 Å². The third kappa shape index (κ3) is 4.79. The SMILES string of the molecule is O=C(O)C(=O)O.c1ccc2c(C3CCCCCN3)cccc2c1. The molecule has 0 saturated carbocycles. The Kier molecular flexibility index (Phi) is 6.11. The minimum atomic E-state index is -1.82. The van der Waals surface area contributed by atoms with Crippen molar-refractivity contribution in [2.75, 3.05) is 6.54 Å². The quantitative estimate of drug-likeness (QED) is 0.704. The second-order valence-corrected chi connectivity index (χ2v) is 5.53. The Bertz CT molecular complexity index is 658. The van der Waals surface area contributed by atoms with Crippen LogP contribution in [-0.4, -0.2) is 28.7 Å². The summed E-state index contributed by atoms with van der Waals surface area (Å²) in [6, 6.07) is 15.9. The van der Waals surface area contributed by atoms with E-state index in [1.807, 2.05) is 0 Å². The highest BCUT2D eigenvalue weighted by atomic mass is 16.4. The van der Waals surface area contributed by atoms with Crippen molar-refractivity contribution < 1.29 is 19.8 Å². The lowest BCUT2D eigenvalue weighted by Gasteiger charge is -2.18. The van der Waals surface area contributed by atoms with Crippen LogP contribution in [0.1, 0.15) is 37.3 Å². The van der Waals surface area contributed by atoms with Crippen LogP contribution in [-0.2, 0) is 9.59 Å². The molecule has 1 aliphatic heterocycles. The van der Waals surface area contributed by atoms with Crippen LogP contribution >= 0.6 is 0 Å². The number of aliphatic carboxylic acids is 2. The van der Waals surface area contributed by atoms with E-state index < -0.39 is 11.9 Å². The number of nitrogens with one attached hydrogen (secondary N) is 1. The topological polar surface area (TPSA) is 86.6 Å². The molecule has 5 nitrogen and oxygen atoms in total. The van der Waals surface area contributed by atoms with Crippen LogP contribution in [0.5, 0.6) is 0 Å². The predicted octanol–water partition coefficient (Wildman–Crippen LogP) is 3.20. The van der Waals surface area contributed by atoms with Crippen LogP contribution < -0.4 is 5.32 Å². The van der Waals surface area contributed by atoms with Gasteiger partial charge in [0, 0.05) is 6.04 Å². The van der Waals surface area contributed by atoms with Crippen LogP contribution in [0.2, 0.25) is 0 Å². The lowest BCUT2D eigenvalue weighted by Crippen LogP contribution is -2.20. The van der Waals surface area contributed by atoms with Crippen LogP contribution in [0.3, 0.4) is 0 Å². The van der Waals surface area contributed by atoms with Crippen molar-refractivity contribution in [3.8, 4) is 0 Å². The van der Waals surface area contributed by atoms with E-state index in [-0.39, 0.29) is 0 Å². The van der Waals surface area contributed by atoms with Gasteiger partial charge in [0.15, 0.2) is 0 Å². The predicted molar refractivity (Wildman–Crippen MR) is 88.4 cm³/mol. The maximum atomic E-state index is 9.10. The van der Waals surface area contributed by atoms with Crippen molar-refractivity contribution in [2.24, 2.45) is 0 Å². The number of carbonyl (C=O) groups is 2. The third-order valence-electron chi connectivity index (χ3n) is 3.94. The molecular weight excluding hydrogens is 294 g/mol. The Balaban J connectivity index is 0.000000277. The molecule has 0 aliphatic carbocycles. The fourth-order valence-electron chi connectivity index (χ4n) is 2.85. The monoisotopic (exact) mass is 315 g/mol. The smallest absolute Gasteiger partial charge is 0.414 e. The number of hydrogen-bond donors (Lipinski definition) is 3. The lowest BCUT2D eigenvalue weighted by atomic mass is 9.96. The van der Waals surface area contributed by atoms with Crippen molar-refractivity contribution in [1.29, 1.82) is 0 Å². The minimum absolute atomic E-state index is 0.545. The molecule has 1 saturated heterocycles. The van der Waals surface area contributed by atoms with Crippen LogP contribution in [0, 0.1) is 0 Å². The van der Waals surface area contributed by atoms with Crippen molar-refractivity contribution in [1.82, 2.24) is 5.32 Å². The molecule has 122 valence electrons. The normalized spacial score (nSPS) is 17.7. The summed E-state index contributed by atoms with van der Waals surface area (Å²) >= 11 is 0. The van der Waals surface area contributed by atoms with Gasteiger partial charge >= 0.3 is 11.9 Å². The standard InChI is InChI=1S/C16H19N.C2H2O4/c1-2-11-16(17-12-5-1)15-10-6-8-13-7-3-4-9-14(13)15;3-1(4)2(5)6/h3-4,6-10,16-17H,1-2,5,11-12H2;(H,3,4)(H,5,6). The molecule has 1 unspecified atom stereocenters. The van der Waals surface area contributed by atoms with Gasteiger partial charge in [-0.2, -0.15) is 0 Å². The molecule has 1 aliphatic rings. The number of benzene rings is 2. The van der Waals surface area contributed by atoms with Gasteiger partial charge in [0.25, 0.3) is 0 Å². The van der Waals surface area contributed by atoms with Gasteiger partial charge in [0.05, 0.1) is 0 Å². The third-order valence-corrected chi connectivity index (χ3v) is 3.94. The number of carboxylic acid groups (broad SMARTS) is 2. The summed E-state index contributed by atoms with van der Waals surface area (Å²) < 4.78 is 0. The Hall–Kier alpha value is -2.40. The second kappa shape index (κ2) is 8.29. The van der Waals surface area contributed by atoms with Crippen molar-refractivity contribution in [3.63, 3.8) is 0 Å². The van der Waals surface area contributed by atoms with E-state index in [9.17, 15) is 0 Å². The number of rotatable bonds is 1. The van der Waals surface area contributed by atoms with E-state index in [1.165, 1.54) is 42.0 Å². The molecular formula is C18H21NO4. The van der Waals surface area contributed by atoms with E-state index in [1.54, 1.807) is 0 Å². The Labute approximate surface area is 134 Å². The zero-order chi connectivity index (χ0) is 16.7. The zero-order valence-electron chi connectivity index (χ0n) is 12.9. The summed E-state index contributed by atoms with van der Waals surface area (Å²) in [6.07, 6.45) is 5.31. The van der Waals surface area contributed by atoms with Gasteiger partial charge in [0.1, 0.15) is 0 Å². The first kappa shape index (κ1) is 17.0. The maximum absolute atomic E-state index is 9.10. The maximum Gasteiger partial charge on any atom is 0.414 e. The molecule has 0 spiro atoms. The van der Waals surface area contributed by atoms with E-state index in [0.29, 0.717) is 6.04 Å². The molecule has 23 heavy (non-hydrogen) atoms. The van der Waals surface area contributed by atoms with Gasteiger partial charge in [-0.1, -0.05) is 55.3 Å². The Morgan fingerprint density at radius 3 is 2.35 bits per heavy atom. The zero-order valence-corrected chi connectivity index (χ0v) is 12.9. The Morgan fingerprint density at radius 2 is 1.61 bits per heavy atom. The van der Waals surface area contributed by atoms with Crippen LogP contribution in [0.4, 0.5) is 0 Å². The molecule has 2 aromatic rings. The molecule has 3 N–H and O–H groups in total. The Morgan fingerprint density at radius 1 is 0.913 bits per heavy atom. The van der Waals surface area contributed by atoms with Crippen molar-refractivity contribution in [3.05, 3.63) is 48.0 Å².